The maximum absolute atomic E-state index is 11.5. The third-order valence-corrected chi connectivity index (χ3v) is 2.48. The van der Waals surface area contributed by atoms with E-state index in [0.717, 1.165) is 0 Å². The predicted molar refractivity (Wildman–Crippen MR) is 72.7 cm³/mol. The SMILES string of the molecule is CC(OC(=O)NC(CCC(=O)C=[N+]=[N-])C(=O)[O-])OC(=O)C(C)C. The molecule has 1 amide bonds. The van der Waals surface area contributed by atoms with Crippen LogP contribution in [-0.2, 0) is 23.9 Å². The van der Waals surface area contributed by atoms with Crippen molar-refractivity contribution in [3.8, 4) is 0 Å². The zero-order chi connectivity index (χ0) is 18.0. The summed E-state index contributed by atoms with van der Waals surface area (Å²) in [6.07, 6.45) is -2.33. The maximum Gasteiger partial charge on any atom is 0.410 e. The van der Waals surface area contributed by atoms with Crippen molar-refractivity contribution in [2.45, 2.75) is 45.9 Å². The van der Waals surface area contributed by atoms with Gasteiger partial charge in [-0.2, -0.15) is 4.79 Å². The number of carbonyl (C=O) groups is 4. The number of alkyl carbamates (subject to hydrolysis) is 1. The highest BCUT2D eigenvalue weighted by atomic mass is 16.7. The second-order valence-electron chi connectivity index (χ2n) is 4.83. The van der Waals surface area contributed by atoms with Gasteiger partial charge >= 0.3 is 18.3 Å². The molecular formula is C13H18N3O7-. The second-order valence-corrected chi connectivity index (χ2v) is 4.83. The molecule has 0 bridgehead atoms. The van der Waals surface area contributed by atoms with Crippen molar-refractivity contribution in [1.82, 2.24) is 5.32 Å². The molecule has 2 unspecified atom stereocenters. The highest BCUT2D eigenvalue weighted by Crippen LogP contribution is 2.03. The van der Waals surface area contributed by atoms with E-state index in [-0.39, 0.29) is 12.8 Å². The Hall–Kier alpha value is -2.74. The molecule has 10 heteroatoms. The molecule has 2 atom stereocenters. The molecule has 0 aliphatic carbocycles. The normalized spacial score (nSPS) is 12.5. The number of rotatable bonds is 9. The Balaban J connectivity index is 4.45. The van der Waals surface area contributed by atoms with Crippen molar-refractivity contribution in [1.29, 1.82) is 0 Å². The van der Waals surface area contributed by atoms with E-state index in [4.69, 9.17) is 10.3 Å². The number of carboxylic acid groups (broad SMARTS) is 1. The van der Waals surface area contributed by atoms with E-state index >= 15 is 0 Å². The van der Waals surface area contributed by atoms with Crippen LogP contribution < -0.4 is 10.4 Å². The van der Waals surface area contributed by atoms with Crippen molar-refractivity contribution in [2.75, 3.05) is 0 Å². The molecule has 0 aromatic carbocycles. The molecule has 0 heterocycles. The van der Waals surface area contributed by atoms with Crippen molar-refractivity contribution in [2.24, 2.45) is 5.92 Å². The van der Waals surface area contributed by atoms with Crippen LogP contribution in [0.4, 0.5) is 4.79 Å². The Morgan fingerprint density at radius 2 is 1.83 bits per heavy atom. The molecule has 23 heavy (non-hydrogen) atoms. The van der Waals surface area contributed by atoms with Crippen LogP contribution in [0, 0.1) is 5.92 Å². The molecule has 0 fully saturated rings. The molecule has 0 saturated carbocycles. The van der Waals surface area contributed by atoms with Gasteiger partial charge in [0.2, 0.25) is 12.1 Å². The van der Waals surface area contributed by atoms with Crippen LogP contribution in [0.2, 0.25) is 0 Å². The highest BCUT2D eigenvalue weighted by molar-refractivity contribution is 6.25. The monoisotopic (exact) mass is 328 g/mol. The number of esters is 1. The van der Waals surface area contributed by atoms with Crippen LogP contribution in [0.5, 0.6) is 0 Å². The van der Waals surface area contributed by atoms with Crippen molar-refractivity contribution < 1.29 is 38.5 Å². The summed E-state index contributed by atoms with van der Waals surface area (Å²) in [7, 11) is 0. The summed E-state index contributed by atoms with van der Waals surface area (Å²) in [6.45, 7) is 4.47. The van der Waals surface area contributed by atoms with Crippen molar-refractivity contribution >= 4 is 30.0 Å². The lowest BCUT2D eigenvalue weighted by Gasteiger charge is -2.21. The van der Waals surface area contributed by atoms with Gasteiger partial charge in [-0.1, -0.05) is 13.8 Å². The van der Waals surface area contributed by atoms with Crippen molar-refractivity contribution in [3.05, 3.63) is 5.53 Å². The number of ether oxygens (including phenoxy) is 2. The minimum atomic E-state index is -1.62. The van der Waals surface area contributed by atoms with Crippen LogP contribution in [0.25, 0.3) is 5.53 Å². The number of ketones is 1. The molecule has 10 nitrogen and oxygen atoms in total. The summed E-state index contributed by atoms with van der Waals surface area (Å²) < 4.78 is 9.44. The lowest BCUT2D eigenvalue weighted by atomic mass is 10.1. The number of aliphatic carboxylic acids is 1. The summed E-state index contributed by atoms with van der Waals surface area (Å²) in [6, 6.07) is -1.49. The van der Waals surface area contributed by atoms with E-state index in [9.17, 15) is 24.3 Å². The third-order valence-electron chi connectivity index (χ3n) is 2.48. The molecular weight excluding hydrogens is 310 g/mol. The number of amides is 1. The lowest BCUT2D eigenvalue weighted by molar-refractivity contribution is -0.308. The predicted octanol–water partition coefficient (Wildman–Crippen LogP) is -0.974. The fourth-order valence-electron chi connectivity index (χ4n) is 1.32. The minimum absolute atomic E-state index is 0.289. The standard InChI is InChI=1S/C13H19N3O7/c1-7(2)12(20)22-8(3)23-13(21)16-10(11(18)19)5-4-9(17)6-15-14/h6-8,10H,4-5H2,1-3H3,(H,16,21)(H,18,19)/p-1. The zero-order valence-corrected chi connectivity index (χ0v) is 13.0. The van der Waals surface area contributed by atoms with Crippen LogP contribution in [-0.4, -0.2) is 47.2 Å². The zero-order valence-electron chi connectivity index (χ0n) is 13.0. The molecule has 0 saturated heterocycles. The molecule has 0 aromatic heterocycles. The quantitative estimate of drug-likeness (QED) is 0.187. The first-order chi connectivity index (χ1) is 10.7. The fraction of sp³-hybridized carbons (Fsp3) is 0.615. The topological polar surface area (TPSA) is 158 Å². The lowest BCUT2D eigenvalue weighted by Crippen LogP contribution is -2.49. The van der Waals surface area contributed by atoms with Gasteiger partial charge in [-0.25, -0.2) is 4.79 Å². The Labute approximate surface area is 132 Å². The van der Waals surface area contributed by atoms with Crippen LogP contribution >= 0.6 is 0 Å². The summed E-state index contributed by atoms with van der Waals surface area (Å²) in [5.41, 5.74) is 8.16. The molecule has 0 radical (unpaired) electrons. The average molecular weight is 328 g/mol. The van der Waals surface area contributed by atoms with Gasteiger partial charge in [0.05, 0.1) is 17.9 Å². The number of carbonyl (C=O) groups excluding carboxylic acids is 4. The second kappa shape index (κ2) is 10.1. The Bertz CT molecular complexity index is 512. The van der Waals surface area contributed by atoms with E-state index in [2.05, 4.69) is 9.53 Å². The van der Waals surface area contributed by atoms with Crippen LogP contribution in [0.1, 0.15) is 33.6 Å². The molecule has 0 aliphatic heterocycles. The average Bonchev–Trinajstić information content (AvgIpc) is 2.42. The first-order valence-electron chi connectivity index (χ1n) is 6.76. The number of hydrogen-bond acceptors (Lipinski definition) is 7. The van der Waals surface area contributed by atoms with E-state index in [1.54, 1.807) is 13.8 Å². The van der Waals surface area contributed by atoms with Gasteiger partial charge in [-0.15, -0.1) is 0 Å². The summed E-state index contributed by atoms with van der Waals surface area (Å²) >= 11 is 0. The van der Waals surface area contributed by atoms with Gasteiger partial charge in [0.25, 0.3) is 0 Å². The first kappa shape index (κ1) is 20.3. The molecule has 0 rings (SSSR count). The van der Waals surface area contributed by atoms with Gasteiger partial charge in [-0.05, 0) is 6.42 Å². The summed E-state index contributed by atoms with van der Waals surface area (Å²) in [4.78, 5) is 47.3. The van der Waals surface area contributed by atoms with Gasteiger partial charge in [0.1, 0.15) is 0 Å². The summed E-state index contributed by atoms with van der Waals surface area (Å²) in [5.74, 6) is -3.26. The maximum atomic E-state index is 11.5. The van der Waals surface area contributed by atoms with Gasteiger partial charge in [0, 0.05) is 13.3 Å². The number of carboxylic acids is 1. The van der Waals surface area contributed by atoms with E-state index < -0.39 is 42.1 Å². The number of Topliss-reactive ketones (excluding diaryl/α,β-unsaturated/α-hetero) is 1. The van der Waals surface area contributed by atoms with Crippen LogP contribution in [0.3, 0.4) is 0 Å². The molecule has 0 aromatic rings. The van der Waals surface area contributed by atoms with Crippen molar-refractivity contribution in [3.63, 3.8) is 0 Å². The fourth-order valence-corrected chi connectivity index (χ4v) is 1.32. The van der Waals surface area contributed by atoms with Gasteiger partial charge in [-0.3, -0.25) is 9.59 Å². The summed E-state index contributed by atoms with van der Waals surface area (Å²) in [5, 5.41) is 12.9. The van der Waals surface area contributed by atoms with E-state index in [1.807, 2.05) is 5.32 Å². The number of nitrogens with zero attached hydrogens (tertiary/aromatic N) is 2. The minimum Gasteiger partial charge on any atom is -0.548 e. The van der Waals surface area contributed by atoms with Gasteiger partial charge in [0.15, 0.2) is 0 Å². The molecule has 128 valence electrons. The molecule has 1 N–H and O–H groups in total. The Morgan fingerprint density at radius 1 is 1.22 bits per heavy atom. The third kappa shape index (κ3) is 8.99. The largest absolute Gasteiger partial charge is 0.548 e. The Kier molecular flexibility index (Phi) is 8.87. The van der Waals surface area contributed by atoms with E-state index in [0.29, 0.717) is 6.21 Å². The number of hydrogen-bond donors (Lipinski definition) is 1. The molecule has 0 spiro atoms. The number of nitrogens with one attached hydrogen (secondary N) is 1. The van der Waals surface area contributed by atoms with Gasteiger partial charge < -0.3 is 30.2 Å². The smallest absolute Gasteiger partial charge is 0.410 e. The molecule has 0 aliphatic rings. The van der Waals surface area contributed by atoms with Crippen LogP contribution in [0.15, 0.2) is 0 Å². The Morgan fingerprint density at radius 3 is 2.30 bits per heavy atom. The van der Waals surface area contributed by atoms with E-state index in [1.165, 1.54) is 6.92 Å². The highest BCUT2D eigenvalue weighted by Gasteiger charge is 2.20. The first-order valence-corrected chi connectivity index (χ1v) is 6.76.